The molecule has 0 atom stereocenters. The highest BCUT2D eigenvalue weighted by Crippen LogP contribution is 2.61. The molecule has 0 spiro atoms. The van der Waals surface area contributed by atoms with Crippen LogP contribution in [0.4, 0.5) is 28.4 Å². The van der Waals surface area contributed by atoms with Crippen LogP contribution < -0.4 is 20.0 Å². The summed E-state index contributed by atoms with van der Waals surface area (Å²) in [5.74, 6) is 0. The van der Waals surface area contributed by atoms with Crippen LogP contribution in [0.1, 0.15) is 103 Å². The van der Waals surface area contributed by atoms with Gasteiger partial charge in [-0.2, -0.15) is 0 Å². The third-order valence-electron chi connectivity index (χ3n) is 16.1. The van der Waals surface area contributed by atoms with Gasteiger partial charge in [-0.15, -0.1) is 11.3 Å². The maximum absolute atomic E-state index is 2.75. The third kappa shape index (κ3) is 5.70. The van der Waals surface area contributed by atoms with E-state index in [1.54, 1.807) is 0 Å². The Morgan fingerprint density at radius 1 is 0.456 bits per heavy atom. The van der Waals surface area contributed by atoms with Gasteiger partial charge >= 0.3 is 6.85 Å². The maximum atomic E-state index is 2.75. The average molecular weight is 897 g/mol. The van der Waals surface area contributed by atoms with Gasteiger partial charge in [-0.05, 0) is 143 Å². The maximum Gasteiger partial charge on any atom is 0.343 e. The SMILES string of the molecule is CC(C)(C)c1ccc(N2B3c4sc5ccc(-c6ccccc6)cc5c4N(c4ccc(C(C)(C)C)cc4)c4c3c(cc3c4C(C)(C)c4ccccc4-3)-c3cc4c(cc32)C(C)(C)c2ccccc2-4)cc1. The van der Waals surface area contributed by atoms with Crippen molar-refractivity contribution in [2.45, 2.75) is 90.9 Å². The Morgan fingerprint density at radius 3 is 1.68 bits per heavy atom. The van der Waals surface area contributed by atoms with Crippen molar-refractivity contribution in [1.29, 1.82) is 0 Å². The normalized spacial score (nSPS) is 15.6. The third-order valence-corrected chi connectivity index (χ3v) is 17.3. The topological polar surface area (TPSA) is 6.48 Å². The summed E-state index contributed by atoms with van der Waals surface area (Å²) in [7, 11) is 0. The molecule has 4 heteroatoms. The number of fused-ring (bicyclic) bond motifs is 13. The van der Waals surface area contributed by atoms with E-state index in [2.05, 4.69) is 243 Å². The van der Waals surface area contributed by atoms with Crippen LogP contribution in [0, 0.1) is 0 Å². The zero-order valence-electron chi connectivity index (χ0n) is 41.0. The molecule has 0 saturated heterocycles. The number of anilines is 5. The standard InChI is InChI=1S/C64H57BN2S/c1-61(2,3)40-25-29-42(30-26-40)66-58-50-34-39(38-18-12-11-13-19-38)24-33-55(50)68-60(58)65-57-49(36-48-45-21-15-17-23-52(45)64(9,10)56(48)59(57)66)47-35-46-44-20-14-16-22-51(44)63(7,8)53(46)37-54(47)67(65)43-31-27-41(28-32-43)62(4,5)6/h11-37H,1-10H3. The van der Waals surface area contributed by atoms with Gasteiger partial charge in [0.2, 0.25) is 0 Å². The summed E-state index contributed by atoms with van der Waals surface area (Å²) in [6.45, 7) is 23.6. The lowest BCUT2D eigenvalue weighted by Gasteiger charge is -2.47. The molecular formula is C64H57BN2S. The second kappa shape index (κ2) is 14.0. The molecule has 0 N–H and O–H groups in total. The van der Waals surface area contributed by atoms with Crippen LogP contribution in [-0.4, -0.2) is 6.85 Å². The second-order valence-electron chi connectivity index (χ2n) is 23.0. The number of nitrogens with zero attached hydrogens (tertiary/aromatic N) is 2. The Kier molecular flexibility index (Phi) is 8.55. The molecule has 68 heavy (non-hydrogen) atoms. The van der Waals surface area contributed by atoms with Gasteiger partial charge in [0.05, 0.1) is 5.69 Å². The van der Waals surface area contributed by atoms with E-state index in [-0.39, 0.29) is 28.5 Å². The molecule has 9 aromatic rings. The van der Waals surface area contributed by atoms with Gasteiger partial charge in [-0.1, -0.05) is 178 Å². The molecule has 2 aliphatic carbocycles. The zero-order chi connectivity index (χ0) is 46.8. The first-order valence-corrected chi connectivity index (χ1v) is 25.4. The number of benzene rings is 8. The minimum atomic E-state index is -0.274. The molecule has 4 aliphatic rings. The Morgan fingerprint density at radius 2 is 1.03 bits per heavy atom. The highest BCUT2D eigenvalue weighted by Gasteiger charge is 2.52. The van der Waals surface area contributed by atoms with E-state index < -0.39 is 0 Å². The van der Waals surface area contributed by atoms with Crippen LogP contribution >= 0.6 is 11.3 Å². The largest absolute Gasteiger partial charge is 0.376 e. The molecule has 0 amide bonds. The van der Waals surface area contributed by atoms with Crippen molar-refractivity contribution in [3.8, 4) is 44.5 Å². The molecule has 1 aromatic heterocycles. The minimum Gasteiger partial charge on any atom is -0.376 e. The minimum absolute atomic E-state index is 0.0212. The van der Waals surface area contributed by atoms with Crippen LogP contribution in [0.3, 0.4) is 0 Å². The summed E-state index contributed by atoms with van der Waals surface area (Å²) >= 11 is 1.98. The Hall–Kier alpha value is -6.62. The van der Waals surface area contributed by atoms with Crippen molar-refractivity contribution in [1.82, 2.24) is 0 Å². The van der Waals surface area contributed by atoms with E-state index in [4.69, 9.17) is 0 Å². The predicted molar refractivity (Wildman–Crippen MR) is 294 cm³/mol. The van der Waals surface area contributed by atoms with Crippen LogP contribution in [0.25, 0.3) is 54.6 Å². The summed E-state index contributed by atoms with van der Waals surface area (Å²) in [6, 6.07) is 63.4. The van der Waals surface area contributed by atoms with E-state index in [1.807, 2.05) is 11.3 Å². The number of thiophene rings is 1. The molecule has 0 bridgehead atoms. The molecule has 0 unspecified atom stereocenters. The first kappa shape index (κ1) is 41.6. The lowest BCUT2D eigenvalue weighted by Crippen LogP contribution is -2.61. The van der Waals surface area contributed by atoms with Gasteiger partial charge in [0, 0.05) is 54.0 Å². The first-order valence-electron chi connectivity index (χ1n) is 24.5. The molecule has 3 heterocycles. The highest BCUT2D eigenvalue weighted by molar-refractivity contribution is 7.32. The molecule has 0 radical (unpaired) electrons. The van der Waals surface area contributed by atoms with Crippen LogP contribution in [0.5, 0.6) is 0 Å². The average Bonchev–Trinajstić information content (AvgIpc) is 3.90. The van der Waals surface area contributed by atoms with Gasteiger partial charge in [-0.25, -0.2) is 0 Å². The fraction of sp³-hybridized carbons (Fsp3) is 0.219. The molecule has 8 aromatic carbocycles. The lowest BCUT2D eigenvalue weighted by molar-refractivity contribution is 0.590. The molecule has 0 saturated carbocycles. The van der Waals surface area contributed by atoms with E-state index in [0.29, 0.717) is 0 Å². The summed E-state index contributed by atoms with van der Waals surface area (Å²) in [4.78, 5) is 5.47. The highest BCUT2D eigenvalue weighted by atomic mass is 32.1. The monoisotopic (exact) mass is 896 g/mol. The van der Waals surface area contributed by atoms with E-state index in [9.17, 15) is 0 Å². The predicted octanol–water partition coefficient (Wildman–Crippen LogP) is 16.5. The van der Waals surface area contributed by atoms with Gasteiger partial charge < -0.3 is 9.71 Å². The number of rotatable bonds is 3. The quantitative estimate of drug-likeness (QED) is 0.163. The van der Waals surface area contributed by atoms with Gasteiger partial charge in [0.1, 0.15) is 0 Å². The summed E-state index contributed by atoms with van der Waals surface area (Å²) in [5.41, 5.74) is 26.1. The van der Waals surface area contributed by atoms with E-state index >= 15 is 0 Å². The number of hydrogen-bond acceptors (Lipinski definition) is 3. The fourth-order valence-electron chi connectivity index (χ4n) is 12.5. The van der Waals surface area contributed by atoms with Crippen LogP contribution in [-0.2, 0) is 21.7 Å². The van der Waals surface area contributed by atoms with Crippen LogP contribution in [0.15, 0.2) is 164 Å². The second-order valence-corrected chi connectivity index (χ2v) is 24.0. The van der Waals surface area contributed by atoms with Crippen molar-refractivity contribution in [3.05, 3.63) is 197 Å². The molecular weight excluding hydrogens is 840 g/mol. The van der Waals surface area contributed by atoms with Crippen molar-refractivity contribution >= 4 is 66.9 Å². The van der Waals surface area contributed by atoms with Gasteiger partial charge in [0.15, 0.2) is 0 Å². The lowest BCUT2D eigenvalue weighted by atomic mass is 9.45. The smallest absolute Gasteiger partial charge is 0.343 e. The Balaban J connectivity index is 1.21. The molecule has 2 nitrogen and oxygen atoms in total. The van der Waals surface area contributed by atoms with E-state index in [1.165, 1.54) is 127 Å². The fourth-order valence-corrected chi connectivity index (χ4v) is 13.8. The molecule has 2 aliphatic heterocycles. The van der Waals surface area contributed by atoms with Crippen molar-refractivity contribution in [2.75, 3.05) is 9.71 Å². The summed E-state index contributed by atoms with van der Waals surface area (Å²) in [6.07, 6.45) is 0. The zero-order valence-corrected chi connectivity index (χ0v) is 41.8. The van der Waals surface area contributed by atoms with Crippen LogP contribution in [0.2, 0.25) is 0 Å². The van der Waals surface area contributed by atoms with Crippen molar-refractivity contribution < 1.29 is 0 Å². The molecule has 13 rings (SSSR count). The molecule has 332 valence electrons. The summed E-state index contributed by atoms with van der Waals surface area (Å²) < 4.78 is 2.68. The summed E-state index contributed by atoms with van der Waals surface area (Å²) in [5, 5.41) is 1.30. The van der Waals surface area contributed by atoms with Gasteiger partial charge in [-0.3, -0.25) is 0 Å². The van der Waals surface area contributed by atoms with E-state index in [0.717, 1.165) is 0 Å². The van der Waals surface area contributed by atoms with Crippen molar-refractivity contribution in [3.63, 3.8) is 0 Å². The Bertz CT molecular complexity index is 3580. The van der Waals surface area contributed by atoms with Crippen molar-refractivity contribution in [2.24, 2.45) is 0 Å². The van der Waals surface area contributed by atoms with Gasteiger partial charge in [0.25, 0.3) is 0 Å². The number of hydrogen-bond donors (Lipinski definition) is 0. The molecule has 0 fully saturated rings. The Labute approximate surface area is 407 Å². The first-order chi connectivity index (χ1) is 32.5.